The molecule has 1 amide bonds. The number of hydrogen-bond acceptors (Lipinski definition) is 5. The van der Waals surface area contributed by atoms with Crippen LogP contribution in [-0.2, 0) is 0 Å². The minimum Gasteiger partial charge on any atom is -0.321 e. The van der Waals surface area contributed by atoms with Gasteiger partial charge in [0, 0.05) is 10.6 Å². The Hall–Kier alpha value is -1.71. The molecule has 0 aliphatic carbocycles. The summed E-state index contributed by atoms with van der Waals surface area (Å²) in [6, 6.07) is 6.58. The zero-order valence-electron chi connectivity index (χ0n) is 13.2. The molecule has 0 saturated carbocycles. The van der Waals surface area contributed by atoms with E-state index in [4.69, 9.17) is 0 Å². The zero-order valence-corrected chi connectivity index (χ0v) is 14.8. The summed E-state index contributed by atoms with van der Waals surface area (Å²) in [5.41, 5.74) is 0.655. The molecule has 1 aromatic heterocycles. The Morgan fingerprint density at radius 2 is 2.12 bits per heavy atom. The van der Waals surface area contributed by atoms with Crippen LogP contribution in [-0.4, -0.2) is 39.7 Å². The summed E-state index contributed by atoms with van der Waals surface area (Å²) in [4.78, 5) is 12.6. The molecule has 0 spiro atoms. The van der Waals surface area contributed by atoms with Crippen LogP contribution in [0.1, 0.15) is 29.4 Å². The number of halogens is 3. The Balaban J connectivity index is 0.00000225. The average molecular weight is 390 g/mol. The van der Waals surface area contributed by atoms with E-state index in [-0.39, 0.29) is 24.1 Å². The molecule has 0 bridgehead atoms. The molecule has 0 radical (unpaired) electrons. The van der Waals surface area contributed by atoms with Crippen LogP contribution in [0.2, 0.25) is 0 Å². The number of amides is 1. The number of aromatic nitrogens is 3. The van der Waals surface area contributed by atoms with E-state index in [1.165, 1.54) is 6.07 Å². The third kappa shape index (κ3) is 5.38. The van der Waals surface area contributed by atoms with Gasteiger partial charge in [-0.1, -0.05) is 23.0 Å². The molecule has 1 fully saturated rings. The van der Waals surface area contributed by atoms with Crippen LogP contribution in [0.3, 0.4) is 0 Å². The number of hydrogen-bond donors (Lipinski definition) is 2. The number of anilines is 1. The number of nitrogens with one attached hydrogen (secondary N) is 2. The Labute approximate surface area is 154 Å². The van der Waals surface area contributed by atoms with Crippen molar-refractivity contribution in [2.45, 2.75) is 29.5 Å². The van der Waals surface area contributed by atoms with Gasteiger partial charge in [0.1, 0.15) is 0 Å². The van der Waals surface area contributed by atoms with Crippen molar-refractivity contribution in [2.24, 2.45) is 0 Å². The highest BCUT2D eigenvalue weighted by molar-refractivity contribution is 7.99. The van der Waals surface area contributed by atoms with Crippen LogP contribution in [0.25, 0.3) is 0 Å². The maximum Gasteiger partial charge on any atom is 0.288 e. The van der Waals surface area contributed by atoms with Gasteiger partial charge in [-0.05, 0) is 44.1 Å². The van der Waals surface area contributed by atoms with Gasteiger partial charge in [0.25, 0.3) is 11.7 Å². The van der Waals surface area contributed by atoms with Gasteiger partial charge in [-0.15, -0.1) is 17.5 Å². The summed E-state index contributed by atoms with van der Waals surface area (Å²) in [6.07, 6.45) is 3.51. The molecule has 6 nitrogen and oxygen atoms in total. The second-order valence-electron chi connectivity index (χ2n) is 5.43. The summed E-state index contributed by atoms with van der Waals surface area (Å²) < 4.78 is 26.5. The number of alkyl halides is 2. The third-order valence-electron chi connectivity index (χ3n) is 3.74. The summed E-state index contributed by atoms with van der Waals surface area (Å²) in [5.74, 6) is -2.91. The summed E-state index contributed by atoms with van der Waals surface area (Å²) in [5, 5.41) is 13.9. The van der Waals surface area contributed by atoms with E-state index in [0.29, 0.717) is 22.3 Å². The summed E-state index contributed by atoms with van der Waals surface area (Å²) in [7, 11) is 0. The number of carbonyl (C=O) groups is 1. The fourth-order valence-corrected chi connectivity index (χ4v) is 3.13. The number of thioether (sulfide) groups is 1. The van der Waals surface area contributed by atoms with Gasteiger partial charge in [-0.2, -0.15) is 8.78 Å². The predicted molar refractivity (Wildman–Crippen MR) is 94.7 cm³/mol. The van der Waals surface area contributed by atoms with Crippen molar-refractivity contribution in [3.8, 4) is 0 Å². The van der Waals surface area contributed by atoms with E-state index in [1.807, 2.05) is 0 Å². The van der Waals surface area contributed by atoms with Gasteiger partial charge in [0.2, 0.25) is 0 Å². The molecule has 3 rings (SSSR count). The molecule has 136 valence electrons. The van der Waals surface area contributed by atoms with E-state index in [0.717, 1.165) is 25.9 Å². The van der Waals surface area contributed by atoms with Gasteiger partial charge in [-0.25, -0.2) is 4.68 Å². The van der Waals surface area contributed by atoms with Crippen molar-refractivity contribution < 1.29 is 13.6 Å². The standard InChI is InChI=1S/C15H17F2N5OS.ClH/c16-15(17)24-12-3-1-2-10(8-12)19-14(23)13-9-22(21-20-13)11-4-6-18-7-5-11;/h1-3,8-9,11,15,18H,4-7H2,(H,19,23);1H. The normalized spacial score (nSPS) is 15.0. The van der Waals surface area contributed by atoms with E-state index in [2.05, 4.69) is 20.9 Å². The summed E-state index contributed by atoms with van der Waals surface area (Å²) >= 11 is 0.436. The number of piperidine rings is 1. The lowest BCUT2D eigenvalue weighted by Gasteiger charge is -2.22. The fraction of sp³-hybridized carbons (Fsp3) is 0.400. The first-order valence-electron chi connectivity index (χ1n) is 7.60. The van der Waals surface area contributed by atoms with Crippen LogP contribution in [0.15, 0.2) is 35.4 Å². The van der Waals surface area contributed by atoms with Gasteiger partial charge < -0.3 is 10.6 Å². The highest BCUT2D eigenvalue weighted by Crippen LogP contribution is 2.27. The average Bonchev–Trinajstić information content (AvgIpc) is 3.05. The molecular weight excluding hydrogens is 372 g/mol. The Bertz CT molecular complexity index is 709. The number of carbonyl (C=O) groups excluding carboxylic acids is 1. The second kappa shape index (κ2) is 9.12. The molecular formula is C15H18ClF2N5OS. The van der Waals surface area contributed by atoms with E-state index in [1.54, 1.807) is 29.1 Å². The number of rotatable bonds is 5. The van der Waals surface area contributed by atoms with Gasteiger partial charge in [0.15, 0.2) is 5.69 Å². The van der Waals surface area contributed by atoms with Crippen LogP contribution < -0.4 is 10.6 Å². The molecule has 2 N–H and O–H groups in total. The first kappa shape index (κ1) is 19.6. The minimum absolute atomic E-state index is 0. The lowest BCUT2D eigenvalue weighted by Crippen LogP contribution is -2.29. The molecule has 0 unspecified atom stereocenters. The summed E-state index contributed by atoms with van der Waals surface area (Å²) in [6.45, 7) is 1.83. The van der Waals surface area contributed by atoms with Crippen LogP contribution >= 0.6 is 24.2 Å². The molecule has 2 aromatic rings. The number of benzene rings is 1. The number of nitrogens with zero attached hydrogens (tertiary/aromatic N) is 3. The van der Waals surface area contributed by atoms with Crippen molar-refractivity contribution in [1.82, 2.24) is 20.3 Å². The maximum atomic E-state index is 12.4. The largest absolute Gasteiger partial charge is 0.321 e. The molecule has 0 atom stereocenters. The highest BCUT2D eigenvalue weighted by atomic mass is 35.5. The Kier molecular flexibility index (Phi) is 7.15. The monoisotopic (exact) mass is 389 g/mol. The fourth-order valence-electron chi connectivity index (χ4n) is 2.58. The Morgan fingerprint density at radius 1 is 1.36 bits per heavy atom. The van der Waals surface area contributed by atoms with E-state index in [9.17, 15) is 13.6 Å². The van der Waals surface area contributed by atoms with Crippen molar-refractivity contribution in [1.29, 1.82) is 0 Å². The van der Waals surface area contributed by atoms with Crippen molar-refractivity contribution in [2.75, 3.05) is 18.4 Å². The van der Waals surface area contributed by atoms with Crippen LogP contribution in [0, 0.1) is 0 Å². The molecule has 1 aliphatic heterocycles. The maximum absolute atomic E-state index is 12.4. The smallest absolute Gasteiger partial charge is 0.288 e. The third-order valence-corrected chi connectivity index (χ3v) is 4.45. The van der Waals surface area contributed by atoms with Crippen molar-refractivity contribution >= 4 is 35.8 Å². The predicted octanol–water partition coefficient (Wildman–Crippen LogP) is 3.19. The molecule has 25 heavy (non-hydrogen) atoms. The topological polar surface area (TPSA) is 71.8 Å². The van der Waals surface area contributed by atoms with Crippen molar-refractivity contribution in [3.63, 3.8) is 0 Å². The lowest BCUT2D eigenvalue weighted by molar-refractivity contribution is 0.102. The van der Waals surface area contributed by atoms with Gasteiger partial charge in [-0.3, -0.25) is 4.79 Å². The zero-order chi connectivity index (χ0) is 16.9. The first-order valence-corrected chi connectivity index (χ1v) is 8.48. The Morgan fingerprint density at radius 3 is 2.84 bits per heavy atom. The minimum atomic E-state index is -2.50. The van der Waals surface area contributed by atoms with Crippen molar-refractivity contribution in [3.05, 3.63) is 36.2 Å². The lowest BCUT2D eigenvalue weighted by atomic mass is 10.1. The van der Waals surface area contributed by atoms with E-state index < -0.39 is 11.7 Å². The van der Waals surface area contributed by atoms with Crippen LogP contribution in [0.5, 0.6) is 0 Å². The van der Waals surface area contributed by atoms with Crippen LogP contribution in [0.4, 0.5) is 14.5 Å². The molecule has 1 aromatic carbocycles. The molecule has 1 aliphatic rings. The molecule has 1 saturated heterocycles. The second-order valence-corrected chi connectivity index (χ2v) is 6.49. The SMILES string of the molecule is Cl.O=C(Nc1cccc(SC(F)F)c1)c1cn(C2CCNCC2)nn1. The molecule has 2 heterocycles. The molecule has 10 heteroatoms. The highest BCUT2D eigenvalue weighted by Gasteiger charge is 2.19. The van der Waals surface area contributed by atoms with E-state index >= 15 is 0 Å². The quantitative estimate of drug-likeness (QED) is 0.768. The van der Waals surface area contributed by atoms with Gasteiger partial charge in [0.05, 0.1) is 12.2 Å². The first-order chi connectivity index (χ1) is 11.6. The van der Waals surface area contributed by atoms with Gasteiger partial charge >= 0.3 is 0 Å².